The van der Waals surface area contributed by atoms with Crippen molar-refractivity contribution in [3.8, 4) is 0 Å². The summed E-state index contributed by atoms with van der Waals surface area (Å²) >= 11 is 3.65. The van der Waals surface area contributed by atoms with Gasteiger partial charge in [-0.3, -0.25) is 0 Å². The molecule has 4 heteroatoms. The van der Waals surface area contributed by atoms with Crippen LogP contribution < -0.4 is 10.6 Å². The molecule has 1 aliphatic rings. The SMILES string of the molecule is Cc1cc2c(c(Sc3ccccc3)c1)NCc1cc(C)cc(Sc3ccccc3)c1NC2. The molecule has 0 saturated carbocycles. The smallest absolute Gasteiger partial charge is 0.0535 e. The van der Waals surface area contributed by atoms with Crippen LogP contribution in [-0.4, -0.2) is 0 Å². The molecule has 0 bridgehead atoms. The van der Waals surface area contributed by atoms with Crippen LogP contribution in [0.1, 0.15) is 22.3 Å². The van der Waals surface area contributed by atoms with Gasteiger partial charge in [0.05, 0.1) is 11.4 Å². The van der Waals surface area contributed by atoms with Crippen molar-refractivity contribution in [1.82, 2.24) is 0 Å². The van der Waals surface area contributed by atoms with Crippen LogP contribution in [0.2, 0.25) is 0 Å². The molecule has 0 radical (unpaired) electrons. The molecule has 1 heterocycles. The summed E-state index contributed by atoms with van der Waals surface area (Å²) in [6, 6.07) is 30.4. The highest BCUT2D eigenvalue weighted by atomic mass is 32.2. The number of anilines is 2. The third kappa shape index (κ3) is 4.67. The van der Waals surface area contributed by atoms with Crippen molar-refractivity contribution in [1.29, 1.82) is 0 Å². The van der Waals surface area contributed by atoms with Crippen molar-refractivity contribution in [3.63, 3.8) is 0 Å². The van der Waals surface area contributed by atoms with Crippen LogP contribution in [0, 0.1) is 13.8 Å². The van der Waals surface area contributed by atoms with Crippen LogP contribution in [0.25, 0.3) is 0 Å². The average molecular weight is 455 g/mol. The lowest BCUT2D eigenvalue weighted by Crippen LogP contribution is -2.14. The van der Waals surface area contributed by atoms with Gasteiger partial charge in [-0.1, -0.05) is 72.1 Å². The van der Waals surface area contributed by atoms with E-state index in [0.29, 0.717) is 0 Å². The Kier molecular flexibility index (Phi) is 6.15. The number of aryl methyl sites for hydroxylation is 2. The molecular weight excluding hydrogens is 428 g/mol. The molecule has 160 valence electrons. The summed E-state index contributed by atoms with van der Waals surface area (Å²) < 4.78 is 0. The van der Waals surface area contributed by atoms with E-state index in [9.17, 15) is 0 Å². The van der Waals surface area contributed by atoms with Gasteiger partial charge < -0.3 is 10.6 Å². The maximum absolute atomic E-state index is 3.79. The normalized spacial score (nSPS) is 12.6. The second kappa shape index (κ2) is 9.35. The van der Waals surface area contributed by atoms with Gasteiger partial charge in [-0.2, -0.15) is 0 Å². The van der Waals surface area contributed by atoms with Crippen LogP contribution in [0.3, 0.4) is 0 Å². The summed E-state index contributed by atoms with van der Waals surface area (Å²) in [4.78, 5) is 5.08. The van der Waals surface area contributed by atoms with Gasteiger partial charge in [0.25, 0.3) is 0 Å². The number of nitrogens with one attached hydrogen (secondary N) is 2. The Bertz CT molecular complexity index is 1140. The van der Waals surface area contributed by atoms with Crippen molar-refractivity contribution in [2.45, 2.75) is 46.5 Å². The van der Waals surface area contributed by atoms with Gasteiger partial charge in [-0.15, -0.1) is 0 Å². The summed E-state index contributed by atoms with van der Waals surface area (Å²) in [6.45, 7) is 5.96. The van der Waals surface area contributed by atoms with E-state index in [1.54, 1.807) is 0 Å². The molecule has 0 spiro atoms. The van der Waals surface area contributed by atoms with Gasteiger partial charge in [0.2, 0.25) is 0 Å². The third-order valence-corrected chi connectivity index (χ3v) is 7.61. The Morgan fingerprint density at radius 3 is 1.38 bits per heavy atom. The predicted molar refractivity (Wildman–Crippen MR) is 138 cm³/mol. The summed E-state index contributed by atoms with van der Waals surface area (Å²) in [5, 5.41) is 7.57. The van der Waals surface area contributed by atoms with Crippen molar-refractivity contribution >= 4 is 34.9 Å². The molecule has 5 rings (SSSR count). The van der Waals surface area contributed by atoms with Crippen LogP contribution >= 0.6 is 23.5 Å². The third-order valence-electron chi connectivity index (χ3n) is 5.51. The molecule has 0 atom stereocenters. The van der Waals surface area contributed by atoms with E-state index in [2.05, 4.69) is 109 Å². The van der Waals surface area contributed by atoms with Crippen LogP contribution in [0.5, 0.6) is 0 Å². The second-order valence-corrected chi connectivity index (χ2v) is 10.4. The van der Waals surface area contributed by atoms with E-state index in [4.69, 9.17) is 0 Å². The predicted octanol–water partition coefficient (Wildman–Crippen LogP) is 8.14. The van der Waals surface area contributed by atoms with Crippen LogP contribution in [0.4, 0.5) is 11.4 Å². The van der Waals surface area contributed by atoms with E-state index in [-0.39, 0.29) is 0 Å². The van der Waals surface area contributed by atoms with Crippen molar-refractivity contribution in [2.24, 2.45) is 0 Å². The molecule has 2 nitrogen and oxygen atoms in total. The summed E-state index contributed by atoms with van der Waals surface area (Å²) in [6.07, 6.45) is 0. The number of hydrogen-bond acceptors (Lipinski definition) is 4. The summed E-state index contributed by atoms with van der Waals surface area (Å²) in [7, 11) is 0. The Morgan fingerprint density at radius 1 is 0.562 bits per heavy atom. The highest BCUT2D eigenvalue weighted by molar-refractivity contribution is 7.99. The minimum absolute atomic E-state index is 0.796. The van der Waals surface area contributed by atoms with E-state index >= 15 is 0 Å². The molecule has 0 amide bonds. The number of hydrogen-bond donors (Lipinski definition) is 2. The van der Waals surface area contributed by atoms with Gasteiger partial charge in [-0.25, -0.2) is 0 Å². The standard InChI is InChI=1S/C28H26N2S2/c1-19-13-21-17-29-28-22(14-20(2)16-26(28)32-24-11-7-4-8-12-24)18-30-27(21)25(15-19)31-23-9-5-3-6-10-23/h3-16,29-30H,17-18H2,1-2H3. The van der Waals surface area contributed by atoms with Crippen LogP contribution in [-0.2, 0) is 13.1 Å². The molecule has 0 unspecified atom stereocenters. The molecular formula is C28H26N2S2. The lowest BCUT2D eigenvalue weighted by Gasteiger charge is -2.25. The van der Waals surface area contributed by atoms with Crippen molar-refractivity contribution in [2.75, 3.05) is 10.6 Å². The minimum atomic E-state index is 0.796. The average Bonchev–Trinajstić information content (AvgIpc) is 2.77. The highest BCUT2D eigenvalue weighted by Crippen LogP contribution is 2.41. The number of rotatable bonds is 4. The van der Waals surface area contributed by atoms with Gasteiger partial charge in [0.15, 0.2) is 0 Å². The molecule has 4 aromatic rings. The van der Waals surface area contributed by atoms with Gasteiger partial charge >= 0.3 is 0 Å². The molecule has 0 fully saturated rings. The first-order valence-corrected chi connectivity index (χ1v) is 12.5. The number of fused-ring (bicyclic) bond motifs is 2. The van der Waals surface area contributed by atoms with Crippen LogP contribution in [0.15, 0.2) is 105 Å². The van der Waals surface area contributed by atoms with Gasteiger partial charge in [-0.05, 0) is 72.5 Å². The Balaban J connectivity index is 1.49. The molecule has 2 N–H and O–H groups in total. The molecule has 32 heavy (non-hydrogen) atoms. The molecule has 0 aliphatic carbocycles. The highest BCUT2D eigenvalue weighted by Gasteiger charge is 2.18. The van der Waals surface area contributed by atoms with E-state index in [0.717, 1.165) is 13.1 Å². The fourth-order valence-corrected chi connectivity index (χ4v) is 6.29. The maximum atomic E-state index is 3.79. The molecule has 0 aromatic heterocycles. The van der Waals surface area contributed by atoms with Crippen molar-refractivity contribution in [3.05, 3.63) is 107 Å². The lowest BCUT2D eigenvalue weighted by atomic mass is 10.0. The first kappa shape index (κ1) is 21.0. The quantitative estimate of drug-likeness (QED) is 0.325. The molecule has 4 aromatic carbocycles. The van der Waals surface area contributed by atoms with E-state index < -0.39 is 0 Å². The molecule has 1 aliphatic heterocycles. The van der Waals surface area contributed by atoms with E-state index in [1.165, 1.54) is 53.2 Å². The first-order chi connectivity index (χ1) is 15.7. The number of benzene rings is 4. The fourth-order valence-electron chi connectivity index (χ4n) is 4.09. The zero-order valence-electron chi connectivity index (χ0n) is 18.3. The Morgan fingerprint density at radius 2 is 0.969 bits per heavy atom. The van der Waals surface area contributed by atoms with Gasteiger partial charge in [0.1, 0.15) is 0 Å². The topological polar surface area (TPSA) is 24.1 Å². The Labute approximate surface area is 198 Å². The fraction of sp³-hybridized carbons (Fsp3) is 0.143. The van der Waals surface area contributed by atoms with Crippen molar-refractivity contribution < 1.29 is 0 Å². The molecule has 0 saturated heterocycles. The van der Waals surface area contributed by atoms with Gasteiger partial charge in [0, 0.05) is 32.7 Å². The monoisotopic (exact) mass is 454 g/mol. The second-order valence-electron chi connectivity index (χ2n) is 8.13. The summed E-state index contributed by atoms with van der Waals surface area (Å²) in [5.74, 6) is 0. The first-order valence-electron chi connectivity index (χ1n) is 10.9. The zero-order chi connectivity index (χ0) is 21.9. The largest absolute Gasteiger partial charge is 0.380 e. The zero-order valence-corrected chi connectivity index (χ0v) is 19.9. The maximum Gasteiger partial charge on any atom is 0.0535 e. The lowest BCUT2D eigenvalue weighted by molar-refractivity contribution is 1.01. The van der Waals surface area contributed by atoms with E-state index in [1.807, 2.05) is 23.5 Å². The Hall–Kier alpha value is -2.82. The summed E-state index contributed by atoms with van der Waals surface area (Å²) in [5.41, 5.74) is 7.67. The minimum Gasteiger partial charge on any atom is -0.380 e.